The van der Waals surface area contributed by atoms with Gasteiger partial charge in [-0.3, -0.25) is 19.3 Å². The number of benzene rings is 3. The second-order valence-electron chi connectivity index (χ2n) is 13.3. The quantitative estimate of drug-likeness (QED) is 0.230. The minimum absolute atomic E-state index is 0.00817. The molecular formula is C35H38FN3O5Si. The molecule has 7 rings (SSSR count). The standard InChI is InChI=1S/C35H38FN3O5Si/c1-22-33(45(2,3)36)30(19-32(42)38-20-24-10-8-7-9-23(24)17-27(38)21-40)44-35(22)28-18-26(37-16-15-31(37)41)13-14-29(28)39(34(35)43)25-11-5-4-6-12-25/h4-14,18,22,27,30,33,40H,15-17,19-21H2,1-3H3/t22-,27-,30+,33-,35+/m0/s1. The lowest BCUT2D eigenvalue weighted by molar-refractivity contribution is -0.150. The number of fused-ring (bicyclic) bond motifs is 3. The van der Waals surface area contributed by atoms with E-state index in [1.165, 1.54) is 0 Å². The number of nitrogens with zero attached hydrogens (tertiary/aromatic N) is 3. The Labute approximate surface area is 263 Å². The highest BCUT2D eigenvalue weighted by atomic mass is 28.4. The van der Waals surface area contributed by atoms with Gasteiger partial charge in [-0.25, -0.2) is 0 Å². The van der Waals surface area contributed by atoms with E-state index in [-0.39, 0.29) is 30.7 Å². The van der Waals surface area contributed by atoms with Gasteiger partial charge >= 0.3 is 0 Å². The van der Waals surface area contributed by atoms with Gasteiger partial charge in [0.1, 0.15) is 0 Å². The summed E-state index contributed by atoms with van der Waals surface area (Å²) in [5, 5.41) is 10.2. The van der Waals surface area contributed by atoms with Crippen LogP contribution < -0.4 is 9.80 Å². The summed E-state index contributed by atoms with van der Waals surface area (Å²) in [6.45, 7) is 5.86. The molecule has 4 heterocycles. The van der Waals surface area contributed by atoms with Crippen molar-refractivity contribution in [3.05, 3.63) is 89.5 Å². The average Bonchev–Trinajstić information content (AvgIpc) is 3.45. The molecule has 4 aliphatic rings. The van der Waals surface area contributed by atoms with Gasteiger partial charge in [0.05, 0.1) is 30.9 Å². The van der Waals surface area contributed by atoms with Crippen LogP contribution in [0.25, 0.3) is 0 Å². The molecule has 10 heteroatoms. The Kier molecular flexibility index (Phi) is 7.22. The Morgan fingerprint density at radius 1 is 1.02 bits per heavy atom. The highest BCUT2D eigenvalue weighted by Crippen LogP contribution is 2.61. The Hall–Kier alpha value is -3.86. The summed E-state index contributed by atoms with van der Waals surface area (Å²) in [7, 11) is -3.52. The number of ether oxygens (including phenoxy) is 1. The molecule has 1 N–H and O–H groups in total. The first-order valence-corrected chi connectivity index (χ1v) is 18.7. The topological polar surface area (TPSA) is 90.4 Å². The maximum atomic E-state index is 16.4. The molecule has 4 aliphatic heterocycles. The minimum atomic E-state index is -3.52. The molecule has 0 radical (unpaired) electrons. The molecule has 3 aromatic rings. The lowest BCUT2D eigenvalue weighted by Gasteiger charge is -2.37. The first-order valence-electron chi connectivity index (χ1n) is 15.7. The van der Waals surface area contributed by atoms with Crippen LogP contribution in [0.1, 0.15) is 36.5 Å². The van der Waals surface area contributed by atoms with Crippen LogP contribution in [0, 0.1) is 5.92 Å². The highest BCUT2D eigenvalue weighted by Gasteiger charge is 2.67. The molecule has 45 heavy (non-hydrogen) atoms. The molecule has 0 bridgehead atoms. The molecular weight excluding hydrogens is 589 g/mol. The van der Waals surface area contributed by atoms with Gasteiger partial charge in [-0.2, -0.15) is 0 Å². The van der Waals surface area contributed by atoms with Crippen LogP contribution in [0.3, 0.4) is 0 Å². The molecule has 2 fully saturated rings. The summed E-state index contributed by atoms with van der Waals surface area (Å²) in [4.78, 5) is 46.2. The Morgan fingerprint density at radius 3 is 2.38 bits per heavy atom. The van der Waals surface area contributed by atoms with Gasteiger partial charge in [0.25, 0.3) is 5.91 Å². The number of anilines is 3. The summed E-state index contributed by atoms with van der Waals surface area (Å²) in [5.41, 5.74) is 2.50. The van der Waals surface area contributed by atoms with Crippen molar-refractivity contribution in [1.29, 1.82) is 0 Å². The zero-order valence-corrected chi connectivity index (χ0v) is 26.8. The van der Waals surface area contributed by atoms with Crippen molar-refractivity contribution < 1.29 is 28.3 Å². The largest absolute Gasteiger partial charge is 0.394 e. The van der Waals surface area contributed by atoms with E-state index < -0.39 is 37.6 Å². The zero-order chi connectivity index (χ0) is 31.7. The van der Waals surface area contributed by atoms with Crippen molar-refractivity contribution in [1.82, 2.24) is 4.90 Å². The van der Waals surface area contributed by atoms with E-state index in [1.54, 1.807) is 27.8 Å². The van der Waals surface area contributed by atoms with E-state index in [2.05, 4.69) is 0 Å². The minimum Gasteiger partial charge on any atom is -0.394 e. The van der Waals surface area contributed by atoms with Crippen LogP contribution in [0.2, 0.25) is 18.6 Å². The maximum Gasteiger partial charge on any atom is 0.268 e. The summed E-state index contributed by atoms with van der Waals surface area (Å²) in [6.07, 6.45) is 0.0482. The Balaban J connectivity index is 1.29. The van der Waals surface area contributed by atoms with E-state index in [1.807, 2.05) is 79.7 Å². The number of rotatable bonds is 6. The van der Waals surface area contributed by atoms with E-state index in [4.69, 9.17) is 4.74 Å². The molecule has 5 atom stereocenters. The maximum absolute atomic E-state index is 16.4. The molecule has 234 valence electrons. The Morgan fingerprint density at radius 2 is 1.73 bits per heavy atom. The van der Waals surface area contributed by atoms with Crippen LogP contribution in [-0.4, -0.2) is 61.4 Å². The zero-order valence-electron chi connectivity index (χ0n) is 25.8. The second kappa shape index (κ2) is 10.9. The predicted molar refractivity (Wildman–Crippen MR) is 171 cm³/mol. The normalized spacial score (nSPS) is 27.5. The molecule has 2 saturated heterocycles. The van der Waals surface area contributed by atoms with Gasteiger partial charge in [0.2, 0.25) is 20.2 Å². The number of halogens is 1. The van der Waals surface area contributed by atoms with Crippen LogP contribution in [-0.2, 0) is 37.7 Å². The van der Waals surface area contributed by atoms with Crippen molar-refractivity contribution in [2.45, 2.75) is 69.1 Å². The van der Waals surface area contributed by atoms with Gasteiger partial charge in [-0.1, -0.05) is 49.4 Å². The fourth-order valence-electron chi connectivity index (χ4n) is 8.08. The molecule has 1 spiro atoms. The van der Waals surface area contributed by atoms with Crippen molar-refractivity contribution in [2.24, 2.45) is 5.92 Å². The van der Waals surface area contributed by atoms with Crippen molar-refractivity contribution in [2.75, 3.05) is 23.0 Å². The number of β-lactam (4-membered cyclic amide) rings is 1. The first kappa shape index (κ1) is 29.8. The number of hydrogen-bond acceptors (Lipinski definition) is 5. The van der Waals surface area contributed by atoms with Crippen LogP contribution in [0.15, 0.2) is 72.8 Å². The van der Waals surface area contributed by atoms with Gasteiger partial charge in [0.15, 0.2) is 5.60 Å². The Bertz CT molecular complexity index is 1680. The fraction of sp³-hybridized carbons (Fsp3) is 0.400. The molecule has 0 unspecified atom stereocenters. The van der Waals surface area contributed by atoms with Crippen molar-refractivity contribution >= 4 is 43.2 Å². The van der Waals surface area contributed by atoms with E-state index in [0.29, 0.717) is 48.6 Å². The fourth-order valence-corrected chi connectivity index (χ4v) is 10.6. The molecule has 3 amide bonds. The second-order valence-corrected chi connectivity index (χ2v) is 17.1. The van der Waals surface area contributed by atoms with Gasteiger partial charge in [0, 0.05) is 47.9 Å². The third kappa shape index (κ3) is 4.64. The molecule has 8 nitrogen and oxygen atoms in total. The summed E-state index contributed by atoms with van der Waals surface area (Å²) in [6, 6.07) is 22.3. The first-order chi connectivity index (χ1) is 21.5. The third-order valence-corrected chi connectivity index (χ3v) is 12.7. The number of aliphatic hydroxyl groups excluding tert-OH is 1. The summed E-state index contributed by atoms with van der Waals surface area (Å²) >= 11 is 0. The average molecular weight is 628 g/mol. The molecule has 0 saturated carbocycles. The van der Waals surface area contributed by atoms with Crippen LogP contribution in [0.4, 0.5) is 21.2 Å². The van der Waals surface area contributed by atoms with Crippen LogP contribution in [0.5, 0.6) is 0 Å². The summed E-state index contributed by atoms with van der Waals surface area (Å²) < 4.78 is 23.3. The predicted octanol–water partition coefficient (Wildman–Crippen LogP) is 5.21. The van der Waals surface area contributed by atoms with Crippen LogP contribution >= 0.6 is 0 Å². The van der Waals surface area contributed by atoms with Gasteiger partial charge in [-0.15, -0.1) is 0 Å². The number of para-hydroxylation sites is 1. The lowest BCUT2D eigenvalue weighted by atomic mass is 9.82. The number of amides is 3. The molecule has 3 aromatic carbocycles. The lowest BCUT2D eigenvalue weighted by Crippen LogP contribution is -2.48. The molecule has 0 aliphatic carbocycles. The van der Waals surface area contributed by atoms with E-state index in [0.717, 1.165) is 11.1 Å². The smallest absolute Gasteiger partial charge is 0.268 e. The SMILES string of the molecule is C[C@H]1[C@H]([Si](C)(C)F)[C@@H](CC(=O)N2Cc3ccccc3C[C@H]2CO)O[C@]12C(=O)N(c1ccccc1)c1ccc(N3CCC3=O)cc12. The van der Waals surface area contributed by atoms with Crippen molar-refractivity contribution in [3.8, 4) is 0 Å². The van der Waals surface area contributed by atoms with Crippen molar-refractivity contribution in [3.63, 3.8) is 0 Å². The monoisotopic (exact) mass is 627 g/mol. The van der Waals surface area contributed by atoms with Gasteiger partial charge < -0.3 is 23.8 Å². The van der Waals surface area contributed by atoms with E-state index in [9.17, 15) is 19.5 Å². The number of carbonyl (C=O) groups excluding carboxylic acids is 3. The van der Waals surface area contributed by atoms with E-state index >= 15 is 4.11 Å². The number of carbonyl (C=O) groups is 3. The molecule has 0 aromatic heterocycles. The van der Waals surface area contributed by atoms with Gasteiger partial charge in [-0.05, 0) is 61.0 Å². The third-order valence-electron chi connectivity index (χ3n) is 10.3. The number of aliphatic hydroxyl groups is 1. The number of hydrogen-bond donors (Lipinski definition) is 1. The highest BCUT2D eigenvalue weighted by molar-refractivity contribution is 6.72. The summed E-state index contributed by atoms with van der Waals surface area (Å²) in [5.74, 6) is -1.12.